The molecule has 0 bridgehead atoms. The molecule has 0 saturated carbocycles. The highest BCUT2D eigenvalue weighted by Crippen LogP contribution is 2.24. The molecule has 1 N–H and O–H groups in total. The van der Waals surface area contributed by atoms with E-state index in [9.17, 15) is 14.3 Å². The predicted molar refractivity (Wildman–Crippen MR) is 55.3 cm³/mol. The molecule has 5 nitrogen and oxygen atoms in total. The fourth-order valence-corrected chi connectivity index (χ4v) is 2.00. The third kappa shape index (κ3) is 1.85. The SMILES string of the molecule is O=C(O)C1(N2CCOCC2)C=C(F)C=NC1. The first-order valence-electron chi connectivity index (χ1n) is 5.09. The van der Waals surface area contributed by atoms with Gasteiger partial charge in [0.2, 0.25) is 0 Å². The molecule has 1 atom stereocenters. The number of allylic oxidation sites excluding steroid dienone is 1. The van der Waals surface area contributed by atoms with Gasteiger partial charge in [0.25, 0.3) is 0 Å². The molecule has 0 aliphatic carbocycles. The maximum absolute atomic E-state index is 13.2. The number of aliphatic carboxylic acids is 1. The summed E-state index contributed by atoms with van der Waals surface area (Å²) >= 11 is 0. The summed E-state index contributed by atoms with van der Waals surface area (Å²) in [6.45, 7) is 1.94. The van der Waals surface area contributed by atoms with Crippen LogP contribution in [-0.2, 0) is 9.53 Å². The van der Waals surface area contributed by atoms with Crippen LogP contribution in [0.2, 0.25) is 0 Å². The minimum Gasteiger partial charge on any atom is -0.480 e. The van der Waals surface area contributed by atoms with Gasteiger partial charge < -0.3 is 9.84 Å². The average Bonchev–Trinajstić information content (AvgIpc) is 2.30. The van der Waals surface area contributed by atoms with Crippen molar-refractivity contribution < 1.29 is 19.0 Å². The molecule has 0 aromatic rings. The van der Waals surface area contributed by atoms with Crippen LogP contribution in [0, 0.1) is 0 Å². The van der Waals surface area contributed by atoms with E-state index in [1.165, 1.54) is 0 Å². The van der Waals surface area contributed by atoms with Crippen LogP contribution in [0.1, 0.15) is 0 Å². The lowest BCUT2D eigenvalue weighted by Gasteiger charge is -2.40. The van der Waals surface area contributed by atoms with Gasteiger partial charge in [-0.2, -0.15) is 0 Å². The first-order valence-corrected chi connectivity index (χ1v) is 5.09. The number of hydrogen-bond donors (Lipinski definition) is 1. The van der Waals surface area contributed by atoms with E-state index in [0.29, 0.717) is 26.3 Å². The molecular formula is C10H13FN2O3. The van der Waals surface area contributed by atoms with Crippen molar-refractivity contribution >= 4 is 12.2 Å². The molecular weight excluding hydrogens is 215 g/mol. The molecule has 0 aromatic heterocycles. The van der Waals surface area contributed by atoms with Crippen LogP contribution in [0.25, 0.3) is 0 Å². The molecule has 0 amide bonds. The standard InChI is InChI=1S/C10H13FN2O3/c11-8-5-10(9(14)15,7-12-6-8)13-1-3-16-4-2-13/h5-6H,1-4,7H2,(H,14,15). The van der Waals surface area contributed by atoms with Crippen LogP contribution in [-0.4, -0.2) is 60.6 Å². The second-order valence-electron chi connectivity index (χ2n) is 3.83. The first-order chi connectivity index (χ1) is 7.65. The topological polar surface area (TPSA) is 62.1 Å². The van der Waals surface area contributed by atoms with Gasteiger partial charge in [0.1, 0.15) is 5.83 Å². The number of ether oxygens (including phenoxy) is 1. The zero-order chi connectivity index (χ0) is 11.6. The maximum atomic E-state index is 13.2. The van der Waals surface area contributed by atoms with Crippen LogP contribution in [0.15, 0.2) is 16.9 Å². The molecule has 2 rings (SSSR count). The molecule has 1 saturated heterocycles. The van der Waals surface area contributed by atoms with E-state index in [-0.39, 0.29) is 6.54 Å². The first kappa shape index (κ1) is 11.2. The van der Waals surface area contributed by atoms with Gasteiger partial charge in [-0.3, -0.25) is 9.89 Å². The van der Waals surface area contributed by atoms with E-state index < -0.39 is 17.3 Å². The van der Waals surface area contributed by atoms with Crippen LogP contribution in [0.4, 0.5) is 4.39 Å². The highest BCUT2D eigenvalue weighted by Gasteiger charge is 2.44. The van der Waals surface area contributed by atoms with Crippen molar-refractivity contribution in [2.24, 2.45) is 4.99 Å². The number of nitrogens with zero attached hydrogens (tertiary/aromatic N) is 2. The number of rotatable bonds is 2. The fourth-order valence-electron chi connectivity index (χ4n) is 2.00. The van der Waals surface area contributed by atoms with Crippen molar-refractivity contribution in [1.29, 1.82) is 0 Å². The Morgan fingerprint density at radius 2 is 2.25 bits per heavy atom. The van der Waals surface area contributed by atoms with Crippen molar-refractivity contribution in [3.8, 4) is 0 Å². The molecule has 16 heavy (non-hydrogen) atoms. The number of hydrogen-bond acceptors (Lipinski definition) is 4. The normalized spacial score (nSPS) is 31.2. The molecule has 2 aliphatic rings. The summed E-state index contributed by atoms with van der Waals surface area (Å²) in [5, 5.41) is 9.29. The highest BCUT2D eigenvalue weighted by atomic mass is 19.1. The summed E-state index contributed by atoms with van der Waals surface area (Å²) in [7, 11) is 0. The average molecular weight is 228 g/mol. The van der Waals surface area contributed by atoms with Crippen molar-refractivity contribution in [3.63, 3.8) is 0 Å². The third-order valence-corrected chi connectivity index (χ3v) is 2.87. The Morgan fingerprint density at radius 1 is 1.56 bits per heavy atom. The Morgan fingerprint density at radius 3 is 2.81 bits per heavy atom. The van der Waals surface area contributed by atoms with Gasteiger partial charge >= 0.3 is 5.97 Å². The lowest BCUT2D eigenvalue weighted by Crippen LogP contribution is -2.59. The van der Waals surface area contributed by atoms with E-state index in [4.69, 9.17) is 4.74 Å². The Kier molecular flexibility index (Phi) is 3.02. The molecule has 1 unspecified atom stereocenters. The summed E-state index contributed by atoms with van der Waals surface area (Å²) in [6.07, 6.45) is 2.19. The molecule has 1 fully saturated rings. The number of carboxylic acids is 1. The molecule has 0 spiro atoms. The van der Waals surface area contributed by atoms with Crippen molar-refractivity contribution in [1.82, 2.24) is 4.90 Å². The molecule has 88 valence electrons. The van der Waals surface area contributed by atoms with Gasteiger partial charge in [-0.1, -0.05) is 0 Å². The third-order valence-electron chi connectivity index (χ3n) is 2.87. The molecule has 0 radical (unpaired) electrons. The minimum absolute atomic E-state index is 0.0513. The second kappa shape index (κ2) is 4.31. The van der Waals surface area contributed by atoms with E-state index in [2.05, 4.69) is 4.99 Å². The Balaban J connectivity index is 2.28. The summed E-state index contributed by atoms with van der Waals surface area (Å²) in [5.74, 6) is -1.67. The van der Waals surface area contributed by atoms with Gasteiger partial charge in [0.15, 0.2) is 5.54 Å². The van der Waals surface area contributed by atoms with Crippen LogP contribution in [0.5, 0.6) is 0 Å². The number of carboxylic acid groups (broad SMARTS) is 1. The summed E-state index contributed by atoms with van der Waals surface area (Å²) in [6, 6.07) is 0. The molecule has 2 aliphatic heterocycles. The van der Waals surface area contributed by atoms with E-state index in [1.54, 1.807) is 4.90 Å². The second-order valence-corrected chi connectivity index (χ2v) is 3.83. The summed E-state index contributed by atoms with van der Waals surface area (Å²) < 4.78 is 18.3. The number of dihydropyridines is 1. The quantitative estimate of drug-likeness (QED) is 0.727. The van der Waals surface area contributed by atoms with E-state index >= 15 is 0 Å². The fraction of sp³-hybridized carbons (Fsp3) is 0.600. The summed E-state index contributed by atoms with van der Waals surface area (Å²) in [5.41, 5.74) is -1.34. The molecule has 0 aromatic carbocycles. The largest absolute Gasteiger partial charge is 0.480 e. The smallest absolute Gasteiger partial charge is 0.330 e. The molecule has 2 heterocycles. The van der Waals surface area contributed by atoms with Gasteiger partial charge in [0.05, 0.1) is 26.0 Å². The lowest BCUT2D eigenvalue weighted by molar-refractivity contribution is -0.150. The molecule has 6 heteroatoms. The lowest BCUT2D eigenvalue weighted by atomic mass is 9.94. The zero-order valence-corrected chi connectivity index (χ0v) is 8.73. The number of aliphatic imine (C=N–C) groups is 1. The Hall–Kier alpha value is -1.27. The number of halogens is 1. The van der Waals surface area contributed by atoms with E-state index in [1.807, 2.05) is 0 Å². The maximum Gasteiger partial charge on any atom is 0.330 e. The van der Waals surface area contributed by atoms with Crippen LogP contribution in [0.3, 0.4) is 0 Å². The Bertz CT molecular complexity index is 350. The van der Waals surface area contributed by atoms with Crippen LogP contribution < -0.4 is 0 Å². The van der Waals surface area contributed by atoms with E-state index in [0.717, 1.165) is 12.3 Å². The van der Waals surface area contributed by atoms with Gasteiger partial charge in [0, 0.05) is 13.1 Å². The summed E-state index contributed by atoms with van der Waals surface area (Å²) in [4.78, 5) is 16.8. The number of morpholine rings is 1. The van der Waals surface area contributed by atoms with Crippen molar-refractivity contribution in [2.45, 2.75) is 5.54 Å². The highest BCUT2D eigenvalue weighted by molar-refractivity contribution is 5.87. The van der Waals surface area contributed by atoms with Gasteiger partial charge in [-0.25, -0.2) is 9.18 Å². The van der Waals surface area contributed by atoms with Crippen molar-refractivity contribution in [2.75, 3.05) is 32.8 Å². The minimum atomic E-state index is -1.34. The predicted octanol–water partition coefficient (Wildman–Crippen LogP) is 0.0798. The number of carbonyl (C=O) groups is 1. The monoisotopic (exact) mass is 228 g/mol. The zero-order valence-electron chi connectivity index (χ0n) is 8.73. The van der Waals surface area contributed by atoms with Crippen LogP contribution >= 0.6 is 0 Å². The van der Waals surface area contributed by atoms with Gasteiger partial charge in [-0.05, 0) is 6.08 Å². The van der Waals surface area contributed by atoms with Crippen molar-refractivity contribution in [3.05, 3.63) is 11.9 Å². The van der Waals surface area contributed by atoms with Gasteiger partial charge in [-0.15, -0.1) is 0 Å². The Labute approximate surface area is 92.2 Å².